The summed E-state index contributed by atoms with van der Waals surface area (Å²) in [5.74, 6) is 0.484. The van der Waals surface area contributed by atoms with Crippen LogP contribution in [0.5, 0.6) is 0 Å². The van der Waals surface area contributed by atoms with Gasteiger partial charge in [-0.2, -0.15) is 5.10 Å². The molecule has 4 nitrogen and oxygen atoms in total. The predicted molar refractivity (Wildman–Crippen MR) is 80.6 cm³/mol. The molecule has 0 aliphatic heterocycles. The van der Waals surface area contributed by atoms with Gasteiger partial charge in [0.1, 0.15) is 5.69 Å². The molecule has 1 heterocycles. The van der Waals surface area contributed by atoms with E-state index in [1.807, 2.05) is 6.07 Å². The molecule has 1 aliphatic carbocycles. The van der Waals surface area contributed by atoms with E-state index in [1.165, 1.54) is 31.3 Å². The molecule has 0 radical (unpaired) electrons. The Morgan fingerprint density at radius 3 is 3.00 bits per heavy atom. The molecule has 1 aliphatic rings. The zero-order valence-corrected chi connectivity index (χ0v) is 12.5. The van der Waals surface area contributed by atoms with Crippen LogP contribution in [0, 0.1) is 5.92 Å². The van der Waals surface area contributed by atoms with Crippen molar-refractivity contribution in [1.82, 2.24) is 15.5 Å². The minimum Gasteiger partial charge on any atom is -0.350 e. The second-order valence-electron chi connectivity index (χ2n) is 5.99. The largest absolute Gasteiger partial charge is 0.350 e. The minimum absolute atomic E-state index is 0.0762. The number of carbonyl (C=O) groups is 1. The number of amides is 1. The van der Waals surface area contributed by atoms with Crippen LogP contribution < -0.4 is 5.32 Å². The highest BCUT2D eigenvalue weighted by atomic mass is 16.1. The van der Waals surface area contributed by atoms with Gasteiger partial charge in [-0.05, 0) is 50.5 Å². The number of hydrogen-bond acceptors (Lipinski definition) is 2. The molecular formula is C16H25N3O. The highest BCUT2D eigenvalue weighted by Gasteiger charge is 2.11. The monoisotopic (exact) mass is 275 g/mol. The van der Waals surface area contributed by atoms with E-state index < -0.39 is 0 Å². The van der Waals surface area contributed by atoms with E-state index in [1.54, 1.807) is 0 Å². The first-order valence-corrected chi connectivity index (χ1v) is 7.65. The molecule has 2 N–H and O–H groups in total. The molecule has 2 rings (SSSR count). The number of rotatable bonds is 6. The topological polar surface area (TPSA) is 57.8 Å². The van der Waals surface area contributed by atoms with Gasteiger partial charge in [-0.1, -0.05) is 25.5 Å². The van der Waals surface area contributed by atoms with Crippen LogP contribution in [0.4, 0.5) is 0 Å². The van der Waals surface area contributed by atoms with Gasteiger partial charge in [0.25, 0.3) is 5.91 Å². The zero-order chi connectivity index (χ0) is 14.4. The standard InChI is InChI=1S/C16H25N3O/c1-12(2)10-14-11-15(19-18-14)16(20)17-9-8-13-6-4-3-5-7-13/h6,11-12H,3-5,7-10H2,1-2H3,(H,17,20)(H,18,19). The number of aromatic amines is 1. The lowest BCUT2D eigenvalue weighted by Crippen LogP contribution is -2.25. The van der Waals surface area contributed by atoms with Crippen LogP contribution in [0.3, 0.4) is 0 Å². The van der Waals surface area contributed by atoms with E-state index in [-0.39, 0.29) is 5.91 Å². The van der Waals surface area contributed by atoms with Crippen LogP contribution >= 0.6 is 0 Å². The summed E-state index contributed by atoms with van der Waals surface area (Å²) in [4.78, 5) is 12.0. The van der Waals surface area contributed by atoms with Crippen molar-refractivity contribution in [3.8, 4) is 0 Å². The summed E-state index contributed by atoms with van der Waals surface area (Å²) in [7, 11) is 0. The Balaban J connectivity index is 1.76. The quantitative estimate of drug-likeness (QED) is 0.783. The number of hydrogen-bond donors (Lipinski definition) is 2. The lowest BCUT2D eigenvalue weighted by atomic mass is 9.97. The van der Waals surface area contributed by atoms with Crippen molar-refractivity contribution in [1.29, 1.82) is 0 Å². The van der Waals surface area contributed by atoms with Gasteiger partial charge in [0, 0.05) is 12.2 Å². The second-order valence-corrected chi connectivity index (χ2v) is 5.99. The fourth-order valence-corrected chi connectivity index (χ4v) is 2.58. The van der Waals surface area contributed by atoms with Crippen LogP contribution in [0.15, 0.2) is 17.7 Å². The Hall–Kier alpha value is -1.58. The van der Waals surface area contributed by atoms with Crippen LogP contribution in [-0.4, -0.2) is 22.6 Å². The maximum absolute atomic E-state index is 12.0. The SMILES string of the molecule is CC(C)Cc1cc(C(=O)NCCC2=CCCCC2)n[nH]1. The molecule has 4 heteroatoms. The fourth-order valence-electron chi connectivity index (χ4n) is 2.58. The third kappa shape index (κ3) is 4.51. The predicted octanol–water partition coefficient (Wildman–Crippen LogP) is 3.23. The third-order valence-electron chi connectivity index (χ3n) is 3.61. The highest BCUT2D eigenvalue weighted by molar-refractivity contribution is 5.92. The molecule has 0 bridgehead atoms. The van der Waals surface area contributed by atoms with Gasteiger partial charge >= 0.3 is 0 Å². The van der Waals surface area contributed by atoms with Gasteiger partial charge in [-0.3, -0.25) is 9.89 Å². The third-order valence-corrected chi connectivity index (χ3v) is 3.61. The summed E-state index contributed by atoms with van der Waals surface area (Å²) in [5.41, 5.74) is 3.01. The normalized spacial score (nSPS) is 15.2. The second kappa shape index (κ2) is 7.27. The van der Waals surface area contributed by atoms with Crippen LogP contribution in [0.1, 0.15) is 62.1 Å². The van der Waals surface area contributed by atoms with Crippen molar-refractivity contribution in [3.63, 3.8) is 0 Å². The van der Waals surface area contributed by atoms with Gasteiger partial charge in [-0.15, -0.1) is 0 Å². The first-order chi connectivity index (χ1) is 9.65. The highest BCUT2D eigenvalue weighted by Crippen LogP contribution is 2.19. The Labute approximate surface area is 121 Å². The summed E-state index contributed by atoms with van der Waals surface area (Å²) in [6.07, 6.45) is 9.20. The average Bonchev–Trinajstić information content (AvgIpc) is 2.87. The first-order valence-electron chi connectivity index (χ1n) is 7.65. The van der Waals surface area contributed by atoms with Crippen LogP contribution in [-0.2, 0) is 6.42 Å². The molecule has 110 valence electrons. The Morgan fingerprint density at radius 2 is 2.30 bits per heavy atom. The maximum Gasteiger partial charge on any atom is 0.271 e. The zero-order valence-electron chi connectivity index (χ0n) is 12.5. The summed E-state index contributed by atoms with van der Waals surface area (Å²) < 4.78 is 0. The van der Waals surface area contributed by atoms with E-state index in [2.05, 4.69) is 35.4 Å². The van der Waals surface area contributed by atoms with Crippen LogP contribution in [0.2, 0.25) is 0 Å². The van der Waals surface area contributed by atoms with Crippen molar-refractivity contribution < 1.29 is 4.79 Å². The van der Waals surface area contributed by atoms with E-state index in [4.69, 9.17) is 0 Å². The fraction of sp³-hybridized carbons (Fsp3) is 0.625. The van der Waals surface area contributed by atoms with Crippen LogP contribution in [0.25, 0.3) is 0 Å². The van der Waals surface area contributed by atoms with Crippen molar-refractivity contribution in [3.05, 3.63) is 29.1 Å². The van der Waals surface area contributed by atoms with Gasteiger partial charge in [0.15, 0.2) is 0 Å². The average molecular weight is 275 g/mol. The molecule has 0 unspecified atom stereocenters. The van der Waals surface area contributed by atoms with E-state index >= 15 is 0 Å². The molecule has 0 saturated heterocycles. The van der Waals surface area contributed by atoms with Crippen molar-refractivity contribution in [2.45, 2.75) is 52.4 Å². The molecule has 0 spiro atoms. The van der Waals surface area contributed by atoms with E-state index in [9.17, 15) is 4.79 Å². The molecule has 1 amide bonds. The van der Waals surface area contributed by atoms with Crippen molar-refractivity contribution in [2.75, 3.05) is 6.54 Å². The Bertz CT molecular complexity index is 474. The van der Waals surface area contributed by atoms with Crippen molar-refractivity contribution >= 4 is 5.91 Å². The number of aromatic nitrogens is 2. The number of allylic oxidation sites excluding steroid dienone is 1. The molecule has 1 aromatic rings. The molecule has 1 aromatic heterocycles. The Morgan fingerprint density at radius 1 is 1.45 bits per heavy atom. The van der Waals surface area contributed by atoms with E-state index in [0.717, 1.165) is 18.5 Å². The Kier molecular flexibility index (Phi) is 5.39. The molecular weight excluding hydrogens is 250 g/mol. The van der Waals surface area contributed by atoms with Gasteiger partial charge < -0.3 is 5.32 Å². The molecule has 0 aromatic carbocycles. The number of H-pyrrole nitrogens is 1. The molecule has 20 heavy (non-hydrogen) atoms. The van der Waals surface area contributed by atoms with E-state index in [0.29, 0.717) is 18.2 Å². The molecule has 0 fully saturated rings. The number of nitrogens with one attached hydrogen (secondary N) is 2. The lowest BCUT2D eigenvalue weighted by Gasteiger charge is -2.12. The maximum atomic E-state index is 12.0. The lowest BCUT2D eigenvalue weighted by molar-refractivity contribution is 0.0949. The summed E-state index contributed by atoms with van der Waals surface area (Å²) in [6.45, 7) is 5.01. The summed E-state index contributed by atoms with van der Waals surface area (Å²) in [6, 6.07) is 1.86. The smallest absolute Gasteiger partial charge is 0.271 e. The van der Waals surface area contributed by atoms with Gasteiger partial charge in [0.05, 0.1) is 0 Å². The minimum atomic E-state index is -0.0762. The van der Waals surface area contributed by atoms with Gasteiger partial charge in [0.2, 0.25) is 0 Å². The summed E-state index contributed by atoms with van der Waals surface area (Å²) >= 11 is 0. The van der Waals surface area contributed by atoms with Gasteiger partial charge in [-0.25, -0.2) is 0 Å². The molecule has 0 saturated carbocycles. The number of carbonyl (C=O) groups excluding carboxylic acids is 1. The number of nitrogens with zero attached hydrogens (tertiary/aromatic N) is 1. The first kappa shape index (κ1) is 14.8. The van der Waals surface area contributed by atoms with Crippen molar-refractivity contribution in [2.24, 2.45) is 5.92 Å². The summed E-state index contributed by atoms with van der Waals surface area (Å²) in [5, 5.41) is 9.97. The molecule has 0 atom stereocenters.